The van der Waals surface area contributed by atoms with Crippen LogP contribution in [-0.4, -0.2) is 19.6 Å². The van der Waals surface area contributed by atoms with Gasteiger partial charge in [-0.3, -0.25) is 4.79 Å². The first-order valence-electron chi connectivity index (χ1n) is 6.41. The van der Waals surface area contributed by atoms with Gasteiger partial charge in [-0.2, -0.15) is 0 Å². The molecule has 108 valence electrons. The fourth-order valence-corrected chi connectivity index (χ4v) is 2.44. The molecule has 0 atom stereocenters. The molecule has 0 spiro atoms. The van der Waals surface area contributed by atoms with Crippen molar-refractivity contribution in [1.82, 2.24) is 5.32 Å². The van der Waals surface area contributed by atoms with E-state index in [2.05, 4.69) is 17.2 Å². The first-order chi connectivity index (χ1) is 10.2. The van der Waals surface area contributed by atoms with Crippen LogP contribution in [0.1, 0.15) is 20.8 Å². The number of benzene rings is 1. The second kappa shape index (κ2) is 7.48. The summed E-state index contributed by atoms with van der Waals surface area (Å²) in [7, 11) is 1.62. The largest absolute Gasteiger partial charge is 0.497 e. The number of carbonyl (C=O) groups is 1. The maximum atomic E-state index is 12.0. The molecule has 0 saturated heterocycles. The molecule has 1 aromatic heterocycles. The van der Waals surface area contributed by atoms with E-state index in [0.717, 1.165) is 16.2 Å². The number of thiophene rings is 1. The van der Waals surface area contributed by atoms with Crippen molar-refractivity contribution in [3.05, 3.63) is 51.7 Å². The first kappa shape index (κ1) is 15.1. The molecule has 0 fully saturated rings. The van der Waals surface area contributed by atoms with Crippen LogP contribution in [0.3, 0.4) is 0 Å². The molecular formula is C16H16N2O2S. The van der Waals surface area contributed by atoms with Gasteiger partial charge in [0.05, 0.1) is 24.1 Å². The van der Waals surface area contributed by atoms with E-state index < -0.39 is 0 Å². The van der Waals surface area contributed by atoms with Crippen LogP contribution in [0.25, 0.3) is 0 Å². The lowest BCUT2D eigenvalue weighted by Crippen LogP contribution is -2.22. The Labute approximate surface area is 127 Å². The predicted octanol–water partition coefficient (Wildman–Crippen LogP) is 2.00. The number of ether oxygens (including phenoxy) is 1. The summed E-state index contributed by atoms with van der Waals surface area (Å²) in [6.45, 7) is 0.791. The van der Waals surface area contributed by atoms with Crippen molar-refractivity contribution >= 4 is 17.2 Å². The van der Waals surface area contributed by atoms with Crippen LogP contribution in [0.15, 0.2) is 35.7 Å². The summed E-state index contributed by atoms with van der Waals surface area (Å²) in [5.74, 6) is 6.37. The molecule has 0 aliphatic carbocycles. The van der Waals surface area contributed by atoms with Crippen LogP contribution in [0.4, 0.5) is 0 Å². The van der Waals surface area contributed by atoms with Crippen LogP contribution in [-0.2, 0) is 6.54 Å². The van der Waals surface area contributed by atoms with Gasteiger partial charge in [-0.25, -0.2) is 0 Å². The molecule has 0 aliphatic rings. The number of rotatable bonds is 4. The van der Waals surface area contributed by atoms with Gasteiger partial charge in [-0.1, -0.05) is 24.0 Å². The molecule has 2 rings (SSSR count). The van der Waals surface area contributed by atoms with Crippen molar-refractivity contribution in [2.75, 3.05) is 13.7 Å². The Bertz CT molecular complexity index is 666. The highest BCUT2D eigenvalue weighted by atomic mass is 32.1. The number of methoxy groups -OCH3 is 1. The van der Waals surface area contributed by atoms with Gasteiger partial charge in [0, 0.05) is 11.9 Å². The van der Waals surface area contributed by atoms with Gasteiger partial charge in [0.1, 0.15) is 5.75 Å². The second-order valence-corrected chi connectivity index (χ2v) is 5.15. The van der Waals surface area contributed by atoms with Gasteiger partial charge in [0.2, 0.25) is 0 Å². The molecule has 1 amide bonds. The van der Waals surface area contributed by atoms with Gasteiger partial charge in [0.25, 0.3) is 5.91 Å². The summed E-state index contributed by atoms with van der Waals surface area (Å²) in [6.07, 6.45) is 0. The molecule has 3 N–H and O–H groups in total. The Balaban J connectivity index is 1.93. The molecule has 2 aromatic rings. The van der Waals surface area contributed by atoms with Gasteiger partial charge in [0.15, 0.2) is 0 Å². The van der Waals surface area contributed by atoms with Gasteiger partial charge >= 0.3 is 0 Å². The zero-order chi connectivity index (χ0) is 15.1. The van der Waals surface area contributed by atoms with Crippen molar-refractivity contribution in [3.63, 3.8) is 0 Å². The highest BCUT2D eigenvalue weighted by Gasteiger charge is 2.07. The van der Waals surface area contributed by atoms with Crippen molar-refractivity contribution in [2.45, 2.75) is 6.54 Å². The standard InChI is InChI=1S/C16H16N2O2S/c1-20-14-6-4-12(5-7-14)10-18-16(19)13-9-15(21-11-13)3-2-8-17/h4-7,9,11H,8,10,17H2,1H3,(H,18,19). The zero-order valence-corrected chi connectivity index (χ0v) is 12.5. The van der Waals surface area contributed by atoms with Gasteiger partial charge in [-0.05, 0) is 23.8 Å². The highest BCUT2D eigenvalue weighted by molar-refractivity contribution is 7.10. The fraction of sp³-hybridized carbons (Fsp3) is 0.188. The van der Waals surface area contributed by atoms with E-state index >= 15 is 0 Å². The summed E-state index contributed by atoms with van der Waals surface area (Å²) >= 11 is 1.44. The van der Waals surface area contributed by atoms with Crippen molar-refractivity contribution in [1.29, 1.82) is 0 Å². The summed E-state index contributed by atoms with van der Waals surface area (Å²) < 4.78 is 5.09. The normalized spacial score (nSPS) is 9.62. The van der Waals surface area contributed by atoms with Gasteiger partial charge < -0.3 is 15.8 Å². The van der Waals surface area contributed by atoms with Crippen LogP contribution >= 0.6 is 11.3 Å². The van der Waals surface area contributed by atoms with Crippen LogP contribution in [0.5, 0.6) is 5.75 Å². The Kier molecular flexibility index (Phi) is 5.38. The monoisotopic (exact) mass is 300 g/mol. The third-order valence-electron chi connectivity index (χ3n) is 2.79. The maximum Gasteiger partial charge on any atom is 0.252 e. The molecular weight excluding hydrogens is 284 g/mol. The van der Waals surface area contributed by atoms with E-state index in [4.69, 9.17) is 10.5 Å². The third kappa shape index (κ3) is 4.35. The Morgan fingerprint density at radius 3 is 2.81 bits per heavy atom. The van der Waals surface area contributed by atoms with Crippen molar-refractivity contribution in [3.8, 4) is 17.6 Å². The van der Waals surface area contributed by atoms with E-state index in [0.29, 0.717) is 18.7 Å². The third-order valence-corrected chi connectivity index (χ3v) is 3.63. The second-order valence-electron chi connectivity index (χ2n) is 4.24. The minimum absolute atomic E-state index is 0.108. The molecule has 0 radical (unpaired) electrons. The summed E-state index contributed by atoms with van der Waals surface area (Å²) in [5.41, 5.74) is 6.95. The Hall–Kier alpha value is -2.29. The molecule has 0 aliphatic heterocycles. The smallest absolute Gasteiger partial charge is 0.252 e. The minimum Gasteiger partial charge on any atom is -0.497 e. The van der Waals surface area contributed by atoms with E-state index in [-0.39, 0.29) is 5.91 Å². The number of hydrogen-bond acceptors (Lipinski definition) is 4. The Morgan fingerprint density at radius 2 is 2.14 bits per heavy atom. The van der Waals surface area contributed by atoms with Crippen molar-refractivity contribution in [2.24, 2.45) is 5.73 Å². The molecule has 0 unspecified atom stereocenters. The van der Waals surface area contributed by atoms with Crippen molar-refractivity contribution < 1.29 is 9.53 Å². The molecule has 1 aromatic carbocycles. The molecule has 21 heavy (non-hydrogen) atoms. The van der Waals surface area contributed by atoms with E-state index in [9.17, 15) is 4.79 Å². The average Bonchev–Trinajstić information content (AvgIpc) is 3.00. The van der Waals surface area contributed by atoms with Gasteiger partial charge in [-0.15, -0.1) is 11.3 Å². The molecule has 0 saturated carbocycles. The lowest BCUT2D eigenvalue weighted by atomic mass is 10.2. The highest BCUT2D eigenvalue weighted by Crippen LogP contribution is 2.14. The van der Waals surface area contributed by atoms with Crippen LogP contribution in [0.2, 0.25) is 0 Å². The lowest BCUT2D eigenvalue weighted by Gasteiger charge is -2.05. The van der Waals surface area contributed by atoms with Crippen LogP contribution < -0.4 is 15.8 Å². The zero-order valence-electron chi connectivity index (χ0n) is 11.7. The topological polar surface area (TPSA) is 64.3 Å². The fourth-order valence-electron chi connectivity index (χ4n) is 1.69. The van der Waals surface area contributed by atoms with E-state index in [1.807, 2.05) is 24.3 Å². The number of hydrogen-bond donors (Lipinski definition) is 2. The molecule has 0 bridgehead atoms. The predicted molar refractivity (Wildman–Crippen MR) is 84.4 cm³/mol. The summed E-state index contributed by atoms with van der Waals surface area (Å²) in [6, 6.07) is 9.35. The van der Waals surface area contributed by atoms with E-state index in [1.54, 1.807) is 18.6 Å². The number of amides is 1. The molecule has 5 heteroatoms. The number of nitrogens with one attached hydrogen (secondary N) is 1. The summed E-state index contributed by atoms with van der Waals surface area (Å²) in [5, 5.41) is 4.67. The SMILES string of the molecule is COc1ccc(CNC(=O)c2csc(C#CCN)c2)cc1. The number of carbonyl (C=O) groups excluding carboxylic acids is 1. The quantitative estimate of drug-likeness (QED) is 0.849. The number of nitrogens with two attached hydrogens (primary N) is 1. The van der Waals surface area contributed by atoms with E-state index in [1.165, 1.54) is 11.3 Å². The maximum absolute atomic E-state index is 12.0. The summed E-state index contributed by atoms with van der Waals surface area (Å²) in [4.78, 5) is 12.9. The molecule has 1 heterocycles. The lowest BCUT2D eigenvalue weighted by molar-refractivity contribution is 0.0951. The molecule has 4 nitrogen and oxygen atoms in total. The first-order valence-corrected chi connectivity index (χ1v) is 7.29. The Morgan fingerprint density at radius 1 is 1.38 bits per heavy atom. The average molecular weight is 300 g/mol. The van der Waals surface area contributed by atoms with Crippen LogP contribution in [0, 0.1) is 11.8 Å². The minimum atomic E-state index is -0.108.